The Balaban J connectivity index is 1.61. The summed E-state index contributed by atoms with van der Waals surface area (Å²) in [5, 5.41) is 0.456. The molecule has 0 amide bonds. The number of hydrogen-bond donors (Lipinski definition) is 2. The standard InChI is InChI=1S/C22H25ClN3O11P/c1-12(27)34-18-19(35-13(2)28)22(24,36-20(18)26-8-6-17(29)25-21(26)30)11-33-38(31)32-9-7-16(37-38)14-4-3-5-15(23)10-14/h3-6,8,10,16,18-20H,7,9,11,24H2,1-2H3,(H,25,29,30)/t16-,18+,19-,20+,22+,38+/m0/s1. The van der Waals surface area contributed by atoms with Crippen LogP contribution in [0.3, 0.4) is 0 Å². The van der Waals surface area contributed by atoms with E-state index in [1.54, 1.807) is 24.3 Å². The van der Waals surface area contributed by atoms with Crippen molar-refractivity contribution in [3.05, 3.63) is 68.0 Å². The molecule has 6 atom stereocenters. The SMILES string of the molecule is CC(=O)O[C@H]1[C@H](n2ccc(=O)[nH]c2=O)O[C@](N)(CO[P@@]2(=O)OCC[C@@H](c3cccc(Cl)c3)O2)[C@H]1OC(C)=O. The molecule has 2 aliphatic rings. The fraction of sp³-hybridized carbons (Fsp3) is 0.455. The Morgan fingerprint density at radius 2 is 1.97 bits per heavy atom. The summed E-state index contributed by atoms with van der Waals surface area (Å²) in [6.07, 6.45) is -3.67. The highest BCUT2D eigenvalue weighted by molar-refractivity contribution is 7.48. The van der Waals surface area contributed by atoms with Gasteiger partial charge in [-0.1, -0.05) is 23.7 Å². The first kappa shape index (κ1) is 28.2. The number of aromatic amines is 1. The number of hydrogen-bond acceptors (Lipinski definition) is 12. The normalized spacial score (nSPS) is 31.1. The molecule has 0 radical (unpaired) electrons. The van der Waals surface area contributed by atoms with Crippen LogP contribution >= 0.6 is 19.4 Å². The van der Waals surface area contributed by atoms with E-state index in [-0.39, 0.29) is 6.61 Å². The first-order valence-corrected chi connectivity index (χ1v) is 13.2. The molecule has 2 saturated heterocycles. The average molecular weight is 574 g/mol. The van der Waals surface area contributed by atoms with E-state index in [0.717, 1.165) is 30.7 Å². The molecule has 38 heavy (non-hydrogen) atoms. The van der Waals surface area contributed by atoms with E-state index in [2.05, 4.69) is 0 Å². The van der Waals surface area contributed by atoms with Crippen molar-refractivity contribution in [3.8, 4) is 0 Å². The van der Waals surface area contributed by atoms with E-state index in [9.17, 15) is 23.7 Å². The van der Waals surface area contributed by atoms with Crippen LogP contribution in [-0.4, -0.2) is 52.6 Å². The average Bonchev–Trinajstić information content (AvgIpc) is 3.09. The third kappa shape index (κ3) is 6.24. The molecule has 0 aliphatic carbocycles. The van der Waals surface area contributed by atoms with Crippen molar-refractivity contribution in [3.63, 3.8) is 0 Å². The second kappa shape index (κ2) is 11.1. The van der Waals surface area contributed by atoms with Gasteiger partial charge in [0.05, 0.1) is 12.7 Å². The number of halogens is 1. The summed E-state index contributed by atoms with van der Waals surface area (Å²) in [5.74, 6) is -1.63. The van der Waals surface area contributed by atoms with Crippen LogP contribution in [0.1, 0.15) is 38.2 Å². The van der Waals surface area contributed by atoms with Crippen LogP contribution in [0.2, 0.25) is 5.02 Å². The van der Waals surface area contributed by atoms with Crippen LogP contribution < -0.4 is 17.0 Å². The lowest BCUT2D eigenvalue weighted by Gasteiger charge is -2.33. The molecule has 2 aliphatic heterocycles. The number of phosphoric ester groups is 1. The van der Waals surface area contributed by atoms with Gasteiger partial charge in [0.15, 0.2) is 24.2 Å². The minimum absolute atomic E-state index is 0.0196. The molecule has 2 aromatic rings. The quantitative estimate of drug-likeness (QED) is 0.360. The summed E-state index contributed by atoms with van der Waals surface area (Å²) < 4.78 is 47.1. The van der Waals surface area contributed by atoms with Crippen LogP contribution in [0, 0.1) is 0 Å². The maximum Gasteiger partial charge on any atom is 0.475 e. The predicted octanol–water partition coefficient (Wildman–Crippen LogP) is 1.54. The van der Waals surface area contributed by atoms with Crippen molar-refractivity contribution in [2.24, 2.45) is 5.73 Å². The highest BCUT2D eigenvalue weighted by Gasteiger charge is 2.59. The summed E-state index contributed by atoms with van der Waals surface area (Å²) in [6.45, 7) is 1.45. The van der Waals surface area contributed by atoms with Crippen LogP contribution in [0.4, 0.5) is 0 Å². The molecule has 4 rings (SSSR count). The van der Waals surface area contributed by atoms with Gasteiger partial charge in [-0.3, -0.25) is 43.2 Å². The van der Waals surface area contributed by atoms with Gasteiger partial charge in [0.2, 0.25) is 0 Å². The van der Waals surface area contributed by atoms with Gasteiger partial charge in [0.1, 0.15) is 6.61 Å². The first-order valence-electron chi connectivity index (χ1n) is 11.3. The number of nitrogens with two attached hydrogens (primary N) is 1. The smallest absolute Gasteiger partial charge is 0.454 e. The van der Waals surface area contributed by atoms with E-state index in [0.29, 0.717) is 17.0 Å². The van der Waals surface area contributed by atoms with Crippen molar-refractivity contribution in [1.82, 2.24) is 9.55 Å². The highest BCUT2D eigenvalue weighted by Crippen LogP contribution is 2.57. The zero-order valence-electron chi connectivity index (χ0n) is 20.2. The minimum Gasteiger partial charge on any atom is -0.454 e. The summed E-state index contributed by atoms with van der Waals surface area (Å²) in [7, 11) is -4.23. The van der Waals surface area contributed by atoms with Crippen LogP contribution in [0.15, 0.2) is 46.1 Å². The number of carbonyl (C=O) groups excluding carboxylic acids is 2. The monoisotopic (exact) mass is 573 g/mol. The fourth-order valence-electron chi connectivity index (χ4n) is 4.10. The second-order valence-electron chi connectivity index (χ2n) is 8.58. The topological polar surface area (TPSA) is 187 Å². The number of phosphoric acid groups is 1. The Kier molecular flexibility index (Phi) is 8.23. The fourth-order valence-corrected chi connectivity index (χ4v) is 5.72. The van der Waals surface area contributed by atoms with Crippen molar-refractivity contribution in [2.45, 2.75) is 50.5 Å². The third-order valence-electron chi connectivity index (χ3n) is 5.68. The summed E-state index contributed by atoms with van der Waals surface area (Å²) in [4.78, 5) is 49.8. The van der Waals surface area contributed by atoms with Gasteiger partial charge >= 0.3 is 25.5 Å². The van der Waals surface area contributed by atoms with Crippen molar-refractivity contribution >= 4 is 31.4 Å². The van der Waals surface area contributed by atoms with Crippen molar-refractivity contribution in [1.29, 1.82) is 0 Å². The number of aromatic nitrogens is 2. The molecule has 0 bridgehead atoms. The molecule has 206 valence electrons. The van der Waals surface area contributed by atoms with Gasteiger partial charge in [-0.2, -0.15) is 0 Å². The molecule has 1 aromatic heterocycles. The predicted molar refractivity (Wildman–Crippen MR) is 129 cm³/mol. The van der Waals surface area contributed by atoms with Gasteiger partial charge in [0, 0.05) is 37.6 Å². The lowest BCUT2D eigenvalue weighted by molar-refractivity contribution is -0.170. The zero-order valence-corrected chi connectivity index (χ0v) is 21.9. The third-order valence-corrected chi connectivity index (χ3v) is 7.37. The molecule has 0 spiro atoms. The maximum atomic E-state index is 13.3. The van der Waals surface area contributed by atoms with Gasteiger partial charge < -0.3 is 14.2 Å². The van der Waals surface area contributed by atoms with Crippen LogP contribution in [-0.2, 0) is 41.9 Å². The van der Waals surface area contributed by atoms with E-state index in [4.69, 9.17) is 45.1 Å². The summed E-state index contributed by atoms with van der Waals surface area (Å²) >= 11 is 6.05. The lowest BCUT2D eigenvalue weighted by Crippen LogP contribution is -2.56. The molecule has 3 heterocycles. The molecular weight excluding hydrogens is 549 g/mol. The van der Waals surface area contributed by atoms with Gasteiger partial charge in [0.25, 0.3) is 5.56 Å². The number of nitrogens with zero attached hydrogens (tertiary/aromatic N) is 1. The van der Waals surface area contributed by atoms with Crippen LogP contribution in [0.25, 0.3) is 0 Å². The summed E-state index contributed by atoms with van der Waals surface area (Å²) in [6, 6.07) is 7.81. The van der Waals surface area contributed by atoms with Crippen molar-refractivity contribution in [2.75, 3.05) is 13.2 Å². The number of esters is 2. The first-order chi connectivity index (χ1) is 17.9. The molecule has 1 aromatic carbocycles. The Bertz CT molecular complexity index is 1380. The molecule has 0 saturated carbocycles. The Labute approximate surface area is 220 Å². The molecule has 14 nitrogen and oxygen atoms in total. The number of benzene rings is 1. The second-order valence-corrected chi connectivity index (χ2v) is 10.6. The molecule has 2 fully saturated rings. The molecular formula is C22H25ClN3O11P. The zero-order chi connectivity index (χ0) is 27.7. The number of nitrogens with one attached hydrogen (secondary N) is 1. The van der Waals surface area contributed by atoms with E-state index in [1.807, 2.05) is 4.98 Å². The molecule has 16 heteroatoms. The Morgan fingerprint density at radius 1 is 1.24 bits per heavy atom. The minimum atomic E-state index is -4.23. The molecule has 0 unspecified atom stereocenters. The maximum absolute atomic E-state index is 13.3. The van der Waals surface area contributed by atoms with Gasteiger partial charge in [-0.15, -0.1) is 0 Å². The van der Waals surface area contributed by atoms with E-state index >= 15 is 0 Å². The van der Waals surface area contributed by atoms with Gasteiger partial charge in [-0.25, -0.2) is 9.36 Å². The Morgan fingerprint density at radius 3 is 2.63 bits per heavy atom. The largest absolute Gasteiger partial charge is 0.475 e. The lowest BCUT2D eigenvalue weighted by atomic mass is 10.1. The number of H-pyrrole nitrogens is 1. The number of rotatable bonds is 7. The van der Waals surface area contributed by atoms with E-state index < -0.39 is 67.9 Å². The summed E-state index contributed by atoms with van der Waals surface area (Å²) in [5.41, 5.74) is 3.35. The van der Waals surface area contributed by atoms with Gasteiger partial charge in [-0.05, 0) is 17.7 Å². The number of ether oxygens (including phenoxy) is 3. The Hall–Kier alpha value is -2.84. The van der Waals surface area contributed by atoms with Crippen LogP contribution in [0.5, 0.6) is 0 Å². The van der Waals surface area contributed by atoms with Crippen molar-refractivity contribution < 1.29 is 41.9 Å². The number of carbonyl (C=O) groups is 2. The molecule has 3 N–H and O–H groups in total. The highest BCUT2D eigenvalue weighted by atomic mass is 35.5. The van der Waals surface area contributed by atoms with E-state index in [1.165, 1.54) is 0 Å².